The molecule has 1 fully saturated rings. The van der Waals surface area contributed by atoms with Crippen molar-refractivity contribution in [3.8, 4) is 0 Å². The van der Waals surface area contributed by atoms with Gasteiger partial charge in [0, 0.05) is 5.92 Å². The van der Waals surface area contributed by atoms with E-state index in [1.54, 1.807) is 36.4 Å². The molecule has 0 radical (unpaired) electrons. The van der Waals surface area contributed by atoms with E-state index in [2.05, 4.69) is 0 Å². The van der Waals surface area contributed by atoms with Crippen molar-refractivity contribution >= 4 is 11.1 Å². The fourth-order valence-corrected chi connectivity index (χ4v) is 4.66. The van der Waals surface area contributed by atoms with E-state index < -0.39 is 24.7 Å². The van der Waals surface area contributed by atoms with Crippen LogP contribution in [0, 0.1) is 5.92 Å². The summed E-state index contributed by atoms with van der Waals surface area (Å²) in [7, 11) is 1.30. The highest BCUT2D eigenvalue weighted by molar-refractivity contribution is 5.77. The Bertz CT molecular complexity index is 997. The Labute approximate surface area is 192 Å². The number of methoxy groups -OCH3 is 1. The lowest BCUT2D eigenvalue weighted by molar-refractivity contribution is 0.0161. The van der Waals surface area contributed by atoms with Crippen molar-refractivity contribution in [3.05, 3.63) is 83.2 Å². The Kier molecular flexibility index (Phi) is 7.23. The zero-order chi connectivity index (χ0) is 23.5. The highest BCUT2D eigenvalue weighted by Gasteiger charge is 2.37. The van der Waals surface area contributed by atoms with E-state index >= 15 is 8.78 Å². The first-order valence-electron chi connectivity index (χ1n) is 11.2. The van der Waals surface area contributed by atoms with E-state index in [-0.39, 0.29) is 28.9 Å². The Hall–Kier alpha value is -2.60. The second-order valence-corrected chi connectivity index (χ2v) is 8.54. The lowest BCUT2D eigenvalue weighted by Gasteiger charge is -2.33. The third-order valence-corrected chi connectivity index (χ3v) is 6.56. The first kappa shape index (κ1) is 23.6. The number of alkyl halides is 4. The highest BCUT2D eigenvalue weighted by Crippen LogP contribution is 2.39. The first-order chi connectivity index (χ1) is 15.9. The molecule has 1 aromatic carbocycles. The zero-order valence-corrected chi connectivity index (χ0v) is 18.7. The molecule has 1 aromatic rings. The summed E-state index contributed by atoms with van der Waals surface area (Å²) in [5.74, 6) is -0.203. The second kappa shape index (κ2) is 10.1. The van der Waals surface area contributed by atoms with Crippen LogP contribution in [0.4, 0.5) is 17.6 Å². The molecule has 0 aromatic heterocycles. The summed E-state index contributed by atoms with van der Waals surface area (Å²) in [4.78, 5) is 0. The van der Waals surface area contributed by atoms with Crippen molar-refractivity contribution in [1.82, 2.24) is 0 Å². The smallest absolute Gasteiger partial charge is 0.192 e. The minimum atomic E-state index is -1.88. The van der Waals surface area contributed by atoms with Crippen LogP contribution in [-0.4, -0.2) is 44.5 Å². The fourth-order valence-electron chi connectivity index (χ4n) is 4.66. The molecule has 176 valence electrons. The van der Waals surface area contributed by atoms with Crippen LogP contribution in [0.15, 0.2) is 72.1 Å². The van der Waals surface area contributed by atoms with Gasteiger partial charge in [-0.1, -0.05) is 54.6 Å². The van der Waals surface area contributed by atoms with Crippen molar-refractivity contribution in [3.63, 3.8) is 0 Å². The topological polar surface area (TPSA) is 18.5 Å². The van der Waals surface area contributed by atoms with Crippen molar-refractivity contribution in [2.45, 2.75) is 50.6 Å². The van der Waals surface area contributed by atoms with Gasteiger partial charge in [-0.05, 0) is 53.7 Å². The molecular formula is C27H28F4O2. The van der Waals surface area contributed by atoms with E-state index in [9.17, 15) is 8.78 Å². The van der Waals surface area contributed by atoms with Gasteiger partial charge in [-0.25, -0.2) is 17.6 Å². The highest BCUT2D eigenvalue weighted by atomic mass is 19.2. The van der Waals surface area contributed by atoms with Crippen LogP contribution in [-0.2, 0) is 9.47 Å². The van der Waals surface area contributed by atoms with Gasteiger partial charge in [-0.15, -0.1) is 0 Å². The molecule has 0 bridgehead atoms. The van der Waals surface area contributed by atoms with Gasteiger partial charge in [-0.2, -0.15) is 0 Å². The molecule has 1 saturated heterocycles. The molecule has 0 spiro atoms. The Balaban J connectivity index is 1.51. The molecule has 1 aliphatic heterocycles. The standard InChI is InChI=1S/C27H28F4O2/c1-3-4-19-10-9-18(15-33-19)22-12-11-20(24(28)25(22)29)16-5-7-17(8-6-16)21-13-14-23(32-2)27(31)26(21)30/h3-8,11-14,18-19,24-27H,9-10,15H2,1-2H3/b4-3+. The number of hydrogen-bond donors (Lipinski definition) is 0. The van der Waals surface area contributed by atoms with Crippen LogP contribution >= 0.6 is 0 Å². The summed E-state index contributed by atoms with van der Waals surface area (Å²) < 4.78 is 69.5. The molecule has 3 aliphatic rings. The summed E-state index contributed by atoms with van der Waals surface area (Å²) in [6, 6.07) is 6.42. The van der Waals surface area contributed by atoms with Gasteiger partial charge in [0.1, 0.15) is 5.76 Å². The van der Waals surface area contributed by atoms with Crippen molar-refractivity contribution < 1.29 is 27.0 Å². The van der Waals surface area contributed by atoms with Crippen molar-refractivity contribution in [2.75, 3.05) is 13.7 Å². The van der Waals surface area contributed by atoms with Gasteiger partial charge in [0.05, 0.1) is 19.8 Å². The summed E-state index contributed by atoms with van der Waals surface area (Å²) in [6.45, 7) is 2.30. The SMILES string of the molecule is C/C=C/C1CCC(C2=CC=C(c3ccc(C4=CC=C(OC)C(F)C4F)cc3)C(F)C2F)CO1. The molecule has 33 heavy (non-hydrogen) atoms. The molecule has 0 N–H and O–H groups in total. The predicted molar refractivity (Wildman–Crippen MR) is 122 cm³/mol. The predicted octanol–water partition coefficient (Wildman–Crippen LogP) is 6.66. The summed E-state index contributed by atoms with van der Waals surface area (Å²) >= 11 is 0. The number of ether oxygens (including phenoxy) is 2. The Morgan fingerprint density at radius 1 is 0.818 bits per heavy atom. The quantitative estimate of drug-likeness (QED) is 0.361. The van der Waals surface area contributed by atoms with E-state index in [4.69, 9.17) is 9.47 Å². The summed E-state index contributed by atoms with van der Waals surface area (Å²) in [5.41, 5.74) is 1.84. The monoisotopic (exact) mass is 460 g/mol. The molecule has 6 heteroatoms. The van der Waals surface area contributed by atoms with Crippen LogP contribution < -0.4 is 0 Å². The van der Waals surface area contributed by atoms with Crippen LogP contribution in [0.1, 0.15) is 30.9 Å². The Morgan fingerprint density at radius 3 is 1.97 bits per heavy atom. The van der Waals surface area contributed by atoms with Crippen LogP contribution in [0.25, 0.3) is 11.1 Å². The van der Waals surface area contributed by atoms with E-state index in [1.807, 2.05) is 19.1 Å². The third kappa shape index (κ3) is 4.72. The van der Waals surface area contributed by atoms with Gasteiger partial charge in [0.25, 0.3) is 0 Å². The van der Waals surface area contributed by atoms with E-state index in [0.29, 0.717) is 23.3 Å². The van der Waals surface area contributed by atoms with Gasteiger partial charge in [0.2, 0.25) is 0 Å². The van der Waals surface area contributed by atoms with Crippen LogP contribution in [0.2, 0.25) is 0 Å². The fraction of sp³-hybridized carbons (Fsp3) is 0.407. The lowest BCUT2D eigenvalue weighted by atomic mass is 9.81. The van der Waals surface area contributed by atoms with Gasteiger partial charge >= 0.3 is 0 Å². The average Bonchev–Trinajstić information content (AvgIpc) is 2.84. The zero-order valence-electron chi connectivity index (χ0n) is 18.7. The van der Waals surface area contributed by atoms with Gasteiger partial charge in [-0.3, -0.25) is 0 Å². The minimum Gasteiger partial charge on any atom is -0.498 e. The van der Waals surface area contributed by atoms with Gasteiger partial charge in [0.15, 0.2) is 24.7 Å². The molecule has 2 nitrogen and oxygen atoms in total. The average molecular weight is 461 g/mol. The number of allylic oxidation sites excluding steroid dienone is 8. The molecule has 4 rings (SSSR count). The Morgan fingerprint density at radius 2 is 1.42 bits per heavy atom. The molecule has 2 aliphatic carbocycles. The normalized spacial score (nSPS) is 32.7. The van der Waals surface area contributed by atoms with Gasteiger partial charge < -0.3 is 9.47 Å². The van der Waals surface area contributed by atoms with Crippen molar-refractivity contribution in [1.29, 1.82) is 0 Å². The lowest BCUT2D eigenvalue weighted by Crippen LogP contribution is -2.33. The van der Waals surface area contributed by atoms with Crippen LogP contribution in [0.5, 0.6) is 0 Å². The number of benzene rings is 1. The summed E-state index contributed by atoms with van der Waals surface area (Å²) in [5, 5.41) is 0. The molecule has 6 unspecified atom stereocenters. The van der Waals surface area contributed by atoms with E-state index in [1.165, 1.54) is 19.3 Å². The number of halogens is 4. The number of hydrogen-bond acceptors (Lipinski definition) is 2. The minimum absolute atomic E-state index is 0.0340. The molecular weight excluding hydrogens is 432 g/mol. The third-order valence-electron chi connectivity index (χ3n) is 6.56. The molecule has 0 saturated carbocycles. The second-order valence-electron chi connectivity index (χ2n) is 8.54. The van der Waals surface area contributed by atoms with Crippen LogP contribution in [0.3, 0.4) is 0 Å². The maximum absolute atomic E-state index is 15.1. The molecule has 0 amide bonds. The number of rotatable bonds is 5. The maximum Gasteiger partial charge on any atom is 0.192 e. The first-order valence-corrected chi connectivity index (χ1v) is 11.2. The maximum atomic E-state index is 15.1. The molecule has 6 atom stereocenters. The molecule has 1 heterocycles. The largest absolute Gasteiger partial charge is 0.498 e. The van der Waals surface area contributed by atoms with Crippen molar-refractivity contribution in [2.24, 2.45) is 5.92 Å². The summed E-state index contributed by atoms with van der Waals surface area (Å²) in [6.07, 6.45) is 4.37. The van der Waals surface area contributed by atoms with E-state index in [0.717, 1.165) is 12.8 Å².